The summed E-state index contributed by atoms with van der Waals surface area (Å²) < 4.78 is 13.3. The Bertz CT molecular complexity index is 1230. The molecule has 0 saturated heterocycles. The highest BCUT2D eigenvalue weighted by atomic mass is 19.1. The van der Waals surface area contributed by atoms with Crippen LogP contribution >= 0.6 is 0 Å². The second kappa shape index (κ2) is 9.38. The fourth-order valence-electron chi connectivity index (χ4n) is 3.39. The summed E-state index contributed by atoms with van der Waals surface area (Å²) in [6.07, 6.45) is 9.03. The van der Waals surface area contributed by atoms with Gasteiger partial charge in [0.25, 0.3) is 0 Å². The van der Waals surface area contributed by atoms with Gasteiger partial charge in [0.05, 0.1) is 22.6 Å². The molecule has 3 heterocycles. The number of hydrogen-bond acceptors (Lipinski definition) is 6. The zero-order valence-electron chi connectivity index (χ0n) is 17.4. The van der Waals surface area contributed by atoms with Crippen molar-refractivity contribution in [2.75, 3.05) is 0 Å². The largest absolute Gasteiger partial charge is 0.366 e. The molecule has 0 aliphatic heterocycles. The van der Waals surface area contributed by atoms with Crippen LogP contribution in [0.25, 0.3) is 11.3 Å². The van der Waals surface area contributed by atoms with E-state index in [0.717, 1.165) is 17.0 Å². The van der Waals surface area contributed by atoms with Crippen molar-refractivity contribution >= 4 is 5.91 Å². The van der Waals surface area contributed by atoms with E-state index in [1.54, 1.807) is 43.0 Å². The first-order valence-corrected chi connectivity index (χ1v) is 10.1. The Kier molecular flexibility index (Phi) is 6.21. The van der Waals surface area contributed by atoms with E-state index in [-0.39, 0.29) is 11.7 Å². The highest BCUT2D eigenvalue weighted by Gasteiger charge is 2.14. The summed E-state index contributed by atoms with van der Waals surface area (Å²) in [4.78, 5) is 33.6. The Morgan fingerprint density at radius 1 is 1.00 bits per heavy atom. The zero-order chi connectivity index (χ0) is 22.5. The number of nitrogens with zero attached hydrogens (tertiary/aromatic N) is 5. The molecule has 1 atom stereocenters. The molecular weight excluding hydrogens is 407 g/mol. The molecule has 4 aromatic rings. The third-order valence-electron chi connectivity index (χ3n) is 5.05. The van der Waals surface area contributed by atoms with Crippen LogP contribution in [0.3, 0.4) is 0 Å². The summed E-state index contributed by atoms with van der Waals surface area (Å²) in [5, 5.41) is 0. The molecule has 0 aliphatic rings. The van der Waals surface area contributed by atoms with E-state index >= 15 is 0 Å². The molecule has 32 heavy (non-hydrogen) atoms. The Labute approximate surface area is 184 Å². The molecule has 0 aliphatic carbocycles. The number of primary amides is 1. The van der Waals surface area contributed by atoms with Gasteiger partial charge in [-0.25, -0.2) is 14.4 Å². The Morgan fingerprint density at radius 3 is 2.53 bits per heavy atom. The van der Waals surface area contributed by atoms with Crippen LogP contribution in [0.2, 0.25) is 0 Å². The van der Waals surface area contributed by atoms with Crippen LogP contribution < -0.4 is 5.73 Å². The van der Waals surface area contributed by atoms with Crippen molar-refractivity contribution in [3.05, 3.63) is 102 Å². The topological polar surface area (TPSA) is 108 Å². The molecule has 0 bridgehead atoms. The molecule has 0 unspecified atom stereocenters. The van der Waals surface area contributed by atoms with Crippen LogP contribution in [-0.4, -0.2) is 30.8 Å². The van der Waals surface area contributed by atoms with Crippen molar-refractivity contribution in [1.29, 1.82) is 0 Å². The molecule has 1 amide bonds. The number of carbonyl (C=O) groups excluding carboxylic acids is 1. The highest BCUT2D eigenvalue weighted by Crippen LogP contribution is 2.23. The van der Waals surface area contributed by atoms with Gasteiger partial charge in [-0.2, -0.15) is 0 Å². The molecule has 0 spiro atoms. The lowest BCUT2D eigenvalue weighted by Gasteiger charge is -2.13. The smallest absolute Gasteiger partial charge is 0.250 e. The molecule has 4 rings (SSSR count). The van der Waals surface area contributed by atoms with E-state index in [1.807, 2.05) is 13.0 Å². The van der Waals surface area contributed by atoms with E-state index in [0.29, 0.717) is 35.5 Å². The third-order valence-corrected chi connectivity index (χ3v) is 5.05. The van der Waals surface area contributed by atoms with Gasteiger partial charge in [-0.05, 0) is 35.7 Å². The lowest BCUT2D eigenvalue weighted by atomic mass is 9.97. The van der Waals surface area contributed by atoms with Gasteiger partial charge < -0.3 is 5.73 Å². The minimum Gasteiger partial charge on any atom is -0.366 e. The molecule has 0 radical (unpaired) electrons. The summed E-state index contributed by atoms with van der Waals surface area (Å²) >= 11 is 0. The first-order chi connectivity index (χ1) is 15.5. The number of rotatable bonds is 7. The molecule has 2 N–H and O–H groups in total. The summed E-state index contributed by atoms with van der Waals surface area (Å²) in [6.45, 7) is 2.04. The van der Waals surface area contributed by atoms with Gasteiger partial charge in [-0.1, -0.05) is 19.1 Å². The van der Waals surface area contributed by atoms with Crippen molar-refractivity contribution < 1.29 is 9.18 Å². The predicted molar refractivity (Wildman–Crippen MR) is 117 cm³/mol. The van der Waals surface area contributed by atoms with E-state index in [1.165, 1.54) is 18.3 Å². The molecule has 8 heteroatoms. The van der Waals surface area contributed by atoms with Gasteiger partial charge >= 0.3 is 0 Å². The number of hydrogen-bond donors (Lipinski definition) is 1. The lowest BCUT2D eigenvalue weighted by Crippen LogP contribution is -2.11. The Balaban J connectivity index is 1.70. The van der Waals surface area contributed by atoms with Crippen LogP contribution in [0.4, 0.5) is 4.39 Å². The third kappa shape index (κ3) is 5.15. The summed E-state index contributed by atoms with van der Waals surface area (Å²) in [5.41, 5.74) is 9.55. The van der Waals surface area contributed by atoms with Gasteiger partial charge in [0.1, 0.15) is 11.6 Å². The maximum atomic E-state index is 13.3. The molecule has 160 valence electrons. The van der Waals surface area contributed by atoms with E-state index < -0.39 is 5.91 Å². The monoisotopic (exact) mass is 428 g/mol. The quantitative estimate of drug-likeness (QED) is 0.483. The van der Waals surface area contributed by atoms with Crippen LogP contribution in [0.5, 0.6) is 0 Å². The predicted octanol–water partition coefficient (Wildman–Crippen LogP) is 3.50. The molecule has 7 nitrogen and oxygen atoms in total. The van der Waals surface area contributed by atoms with E-state index in [2.05, 4.69) is 15.0 Å². The summed E-state index contributed by atoms with van der Waals surface area (Å²) in [6, 6.07) is 9.95. The van der Waals surface area contributed by atoms with Crippen LogP contribution in [0.1, 0.15) is 46.0 Å². The number of benzene rings is 1. The minimum atomic E-state index is -0.557. The van der Waals surface area contributed by atoms with Crippen molar-refractivity contribution in [2.45, 2.75) is 25.7 Å². The number of carbonyl (C=O) groups is 1. The maximum Gasteiger partial charge on any atom is 0.250 e. The summed E-state index contributed by atoms with van der Waals surface area (Å²) in [7, 11) is 0. The average molecular weight is 428 g/mol. The van der Waals surface area contributed by atoms with E-state index in [4.69, 9.17) is 15.7 Å². The number of aromatic nitrogens is 5. The van der Waals surface area contributed by atoms with Crippen molar-refractivity contribution in [1.82, 2.24) is 24.9 Å². The fraction of sp³-hybridized carbons (Fsp3) is 0.167. The zero-order valence-corrected chi connectivity index (χ0v) is 17.4. The number of amides is 1. The number of nitrogens with two attached hydrogens (primary N) is 1. The first kappa shape index (κ1) is 21.2. The second-order valence-electron chi connectivity index (χ2n) is 7.52. The minimum absolute atomic E-state index is 0.0743. The van der Waals surface area contributed by atoms with E-state index in [9.17, 15) is 9.18 Å². The average Bonchev–Trinajstić information content (AvgIpc) is 2.80. The molecule has 3 aromatic heterocycles. The van der Waals surface area contributed by atoms with Gasteiger partial charge in [0.2, 0.25) is 5.91 Å². The Morgan fingerprint density at radius 2 is 1.81 bits per heavy atom. The van der Waals surface area contributed by atoms with Crippen LogP contribution in [-0.2, 0) is 12.8 Å². The summed E-state index contributed by atoms with van der Waals surface area (Å²) in [5.74, 6) is -0.126. The molecule has 1 aromatic carbocycles. The molecule has 0 fully saturated rings. The first-order valence-electron chi connectivity index (χ1n) is 10.1. The SMILES string of the molecule is C[C@H](Cc1nc(Cc2cnccn2)cc(-c2cncc(C(N)=O)c2)n1)c1ccc(F)cc1. The van der Waals surface area contributed by atoms with Crippen LogP contribution in [0, 0.1) is 5.82 Å². The number of halogens is 1. The molecular formula is C24H21FN6O. The van der Waals surface area contributed by atoms with Crippen molar-refractivity contribution in [3.63, 3.8) is 0 Å². The van der Waals surface area contributed by atoms with Gasteiger partial charge in [0.15, 0.2) is 0 Å². The normalized spacial score (nSPS) is 11.8. The van der Waals surface area contributed by atoms with Crippen molar-refractivity contribution in [2.24, 2.45) is 5.73 Å². The fourth-order valence-corrected chi connectivity index (χ4v) is 3.39. The Hall–Kier alpha value is -4.07. The van der Waals surface area contributed by atoms with Gasteiger partial charge in [-0.15, -0.1) is 0 Å². The van der Waals surface area contributed by atoms with Crippen LogP contribution in [0.15, 0.2) is 67.4 Å². The highest BCUT2D eigenvalue weighted by molar-refractivity contribution is 5.93. The van der Waals surface area contributed by atoms with Crippen molar-refractivity contribution in [3.8, 4) is 11.3 Å². The lowest BCUT2D eigenvalue weighted by molar-refractivity contribution is 0.1000. The van der Waals surface area contributed by atoms with Gasteiger partial charge in [-0.3, -0.25) is 19.7 Å². The molecule has 0 saturated carbocycles. The van der Waals surface area contributed by atoms with Gasteiger partial charge in [0, 0.05) is 49.4 Å². The number of pyridine rings is 1. The maximum absolute atomic E-state index is 13.3. The second-order valence-corrected chi connectivity index (χ2v) is 7.52. The standard InChI is InChI=1S/C24H21FN6O/c1-15(16-2-4-19(25)5-3-16)8-23-30-20(10-21-14-27-6-7-29-21)11-22(31-23)17-9-18(24(26)32)13-28-12-17/h2-7,9,11-15H,8,10H2,1H3,(H2,26,32)/t15-/m1/s1.